The SMILES string of the molecule is CN(C)S(=O)(=O)c1ccc(C(=O)NCc2ccccc2C[NH+](C)C)cc1. The lowest BCUT2D eigenvalue weighted by Crippen LogP contribution is -3.04. The van der Waals surface area contributed by atoms with Crippen LogP contribution in [0.2, 0.25) is 0 Å². The first-order chi connectivity index (χ1) is 12.2. The molecule has 0 aliphatic carbocycles. The Morgan fingerprint density at radius 1 is 1.00 bits per heavy atom. The molecule has 0 bridgehead atoms. The van der Waals surface area contributed by atoms with E-state index in [4.69, 9.17) is 0 Å². The van der Waals surface area contributed by atoms with Gasteiger partial charge in [0.2, 0.25) is 10.0 Å². The second-order valence-corrected chi connectivity index (χ2v) is 8.80. The maximum absolute atomic E-state index is 12.4. The van der Waals surface area contributed by atoms with Gasteiger partial charge in [-0.15, -0.1) is 0 Å². The average Bonchev–Trinajstić information content (AvgIpc) is 2.60. The third-order valence-corrected chi connectivity index (χ3v) is 5.83. The molecule has 140 valence electrons. The van der Waals surface area contributed by atoms with Crippen molar-refractivity contribution in [3.8, 4) is 0 Å². The van der Waals surface area contributed by atoms with Crippen molar-refractivity contribution in [2.75, 3.05) is 28.2 Å². The summed E-state index contributed by atoms with van der Waals surface area (Å²) in [7, 11) is 3.62. The van der Waals surface area contributed by atoms with Crippen LogP contribution in [0.4, 0.5) is 0 Å². The lowest BCUT2D eigenvalue weighted by molar-refractivity contribution is -0.872. The van der Waals surface area contributed by atoms with E-state index in [-0.39, 0.29) is 10.8 Å². The second kappa shape index (κ2) is 8.44. The summed E-state index contributed by atoms with van der Waals surface area (Å²) in [4.78, 5) is 13.8. The van der Waals surface area contributed by atoms with Gasteiger partial charge in [0.1, 0.15) is 6.54 Å². The standard InChI is InChI=1S/C19H25N3O3S/c1-21(2)14-17-8-6-5-7-16(17)13-20-19(23)15-9-11-18(12-10-15)26(24,25)22(3)4/h5-12H,13-14H2,1-4H3,(H,20,23)/p+1. The van der Waals surface area contributed by atoms with Gasteiger partial charge in [-0.2, -0.15) is 0 Å². The van der Waals surface area contributed by atoms with E-state index in [1.54, 1.807) is 0 Å². The van der Waals surface area contributed by atoms with Crippen molar-refractivity contribution in [1.82, 2.24) is 9.62 Å². The summed E-state index contributed by atoms with van der Waals surface area (Å²) in [6.45, 7) is 1.31. The molecule has 2 rings (SSSR count). The van der Waals surface area contributed by atoms with Crippen molar-refractivity contribution in [2.45, 2.75) is 18.0 Å². The fourth-order valence-corrected chi connectivity index (χ4v) is 3.45. The fourth-order valence-electron chi connectivity index (χ4n) is 2.55. The van der Waals surface area contributed by atoms with Gasteiger partial charge < -0.3 is 10.2 Å². The summed E-state index contributed by atoms with van der Waals surface area (Å²) in [6.07, 6.45) is 0. The van der Waals surface area contributed by atoms with Crippen molar-refractivity contribution in [1.29, 1.82) is 0 Å². The Morgan fingerprint density at radius 2 is 1.58 bits per heavy atom. The van der Waals surface area contributed by atoms with Crippen molar-refractivity contribution in [3.05, 3.63) is 65.2 Å². The Labute approximate surface area is 155 Å². The molecule has 0 atom stereocenters. The molecular weight excluding hydrogens is 350 g/mol. The summed E-state index contributed by atoms with van der Waals surface area (Å²) in [5.74, 6) is -0.231. The van der Waals surface area contributed by atoms with E-state index in [9.17, 15) is 13.2 Å². The van der Waals surface area contributed by atoms with Gasteiger partial charge in [-0.25, -0.2) is 12.7 Å². The molecule has 0 aromatic heterocycles. The zero-order valence-electron chi connectivity index (χ0n) is 15.6. The van der Waals surface area contributed by atoms with E-state index in [0.717, 1.165) is 16.4 Å². The number of sulfonamides is 1. The van der Waals surface area contributed by atoms with Crippen LogP contribution >= 0.6 is 0 Å². The number of rotatable bonds is 7. The van der Waals surface area contributed by atoms with Gasteiger partial charge in [0.15, 0.2) is 0 Å². The summed E-state index contributed by atoms with van der Waals surface area (Å²) < 4.78 is 25.3. The van der Waals surface area contributed by atoms with Crippen LogP contribution in [0.3, 0.4) is 0 Å². The van der Waals surface area contributed by atoms with Crippen molar-refractivity contribution in [3.63, 3.8) is 0 Å². The molecule has 2 N–H and O–H groups in total. The molecule has 1 amide bonds. The quantitative estimate of drug-likeness (QED) is 0.740. The van der Waals surface area contributed by atoms with Crippen LogP contribution in [-0.2, 0) is 23.1 Å². The molecule has 0 aliphatic rings. The highest BCUT2D eigenvalue weighted by Gasteiger charge is 2.17. The van der Waals surface area contributed by atoms with E-state index in [1.165, 1.54) is 48.8 Å². The van der Waals surface area contributed by atoms with Gasteiger partial charge in [-0.1, -0.05) is 24.3 Å². The first-order valence-corrected chi connectivity index (χ1v) is 9.82. The summed E-state index contributed by atoms with van der Waals surface area (Å²) in [5.41, 5.74) is 2.70. The van der Waals surface area contributed by atoms with Crippen molar-refractivity contribution >= 4 is 15.9 Å². The molecule has 2 aromatic rings. The first-order valence-electron chi connectivity index (χ1n) is 8.38. The minimum absolute atomic E-state index is 0.165. The molecule has 0 radical (unpaired) electrons. The Morgan fingerprint density at radius 3 is 2.12 bits per heavy atom. The predicted molar refractivity (Wildman–Crippen MR) is 101 cm³/mol. The largest absolute Gasteiger partial charge is 0.348 e. The van der Waals surface area contributed by atoms with Crippen LogP contribution in [0.25, 0.3) is 0 Å². The monoisotopic (exact) mass is 376 g/mol. The highest BCUT2D eigenvalue weighted by molar-refractivity contribution is 7.89. The molecule has 26 heavy (non-hydrogen) atoms. The molecule has 0 unspecified atom stereocenters. The number of hydrogen-bond acceptors (Lipinski definition) is 3. The minimum atomic E-state index is -3.49. The predicted octanol–water partition coefficient (Wildman–Crippen LogP) is 0.511. The lowest BCUT2D eigenvalue weighted by atomic mass is 10.1. The number of quaternary nitrogens is 1. The minimum Gasteiger partial charge on any atom is -0.348 e. The molecule has 6 nitrogen and oxygen atoms in total. The van der Waals surface area contributed by atoms with Crippen LogP contribution in [0.15, 0.2) is 53.4 Å². The van der Waals surface area contributed by atoms with Crippen molar-refractivity contribution in [2.24, 2.45) is 0 Å². The molecule has 0 spiro atoms. The number of benzene rings is 2. The number of carbonyl (C=O) groups excluding carboxylic acids is 1. The van der Waals surface area contributed by atoms with Crippen LogP contribution in [0.5, 0.6) is 0 Å². The van der Waals surface area contributed by atoms with E-state index >= 15 is 0 Å². The van der Waals surface area contributed by atoms with Gasteiger partial charge in [-0.05, 0) is 29.8 Å². The number of carbonyl (C=O) groups is 1. The van der Waals surface area contributed by atoms with E-state index < -0.39 is 10.0 Å². The Kier molecular flexibility index (Phi) is 6.52. The maximum Gasteiger partial charge on any atom is 0.251 e. The zero-order valence-corrected chi connectivity index (χ0v) is 16.4. The van der Waals surface area contributed by atoms with Crippen molar-refractivity contribution < 1.29 is 18.1 Å². The van der Waals surface area contributed by atoms with Crippen LogP contribution < -0.4 is 10.2 Å². The molecule has 2 aromatic carbocycles. The normalized spacial score (nSPS) is 11.8. The summed E-state index contributed by atoms with van der Waals surface area (Å²) in [5, 5.41) is 2.90. The Balaban J connectivity index is 2.08. The van der Waals surface area contributed by atoms with Crippen LogP contribution in [-0.4, -0.2) is 46.8 Å². The Bertz CT molecular complexity index is 860. The van der Waals surface area contributed by atoms with E-state index in [1.807, 2.05) is 18.2 Å². The summed E-state index contributed by atoms with van der Waals surface area (Å²) >= 11 is 0. The molecule has 0 heterocycles. The highest BCUT2D eigenvalue weighted by atomic mass is 32.2. The van der Waals surface area contributed by atoms with Gasteiger partial charge >= 0.3 is 0 Å². The number of amides is 1. The Hall–Kier alpha value is -2.22. The van der Waals surface area contributed by atoms with Gasteiger partial charge in [0.25, 0.3) is 5.91 Å². The third kappa shape index (κ3) is 4.91. The first kappa shape index (κ1) is 20.1. The topological polar surface area (TPSA) is 70.9 Å². The van der Waals surface area contributed by atoms with Gasteiger partial charge in [-0.3, -0.25) is 4.79 Å². The highest BCUT2D eigenvalue weighted by Crippen LogP contribution is 2.14. The smallest absolute Gasteiger partial charge is 0.251 e. The molecule has 0 aliphatic heterocycles. The number of hydrogen-bond donors (Lipinski definition) is 2. The van der Waals surface area contributed by atoms with Gasteiger partial charge in [0, 0.05) is 31.8 Å². The molecular formula is C19H26N3O3S+. The van der Waals surface area contributed by atoms with Crippen LogP contribution in [0.1, 0.15) is 21.5 Å². The number of nitrogens with one attached hydrogen (secondary N) is 2. The maximum atomic E-state index is 12.4. The van der Waals surface area contributed by atoms with E-state index in [2.05, 4.69) is 25.5 Å². The van der Waals surface area contributed by atoms with E-state index in [0.29, 0.717) is 12.1 Å². The average molecular weight is 377 g/mol. The molecule has 7 heteroatoms. The molecule has 0 fully saturated rings. The molecule has 0 saturated carbocycles. The van der Waals surface area contributed by atoms with Gasteiger partial charge in [0.05, 0.1) is 19.0 Å². The third-order valence-electron chi connectivity index (χ3n) is 4.00. The molecule has 0 saturated heterocycles. The zero-order chi connectivity index (χ0) is 19.3. The number of nitrogens with zero attached hydrogens (tertiary/aromatic N) is 1. The summed E-state index contributed by atoms with van der Waals surface area (Å²) in [6, 6.07) is 14.0. The second-order valence-electron chi connectivity index (χ2n) is 6.65. The van der Waals surface area contributed by atoms with Crippen LogP contribution in [0, 0.1) is 0 Å². The fraction of sp³-hybridized carbons (Fsp3) is 0.316. The lowest BCUT2D eigenvalue weighted by Gasteiger charge is -2.13.